The molecule has 2 heterocycles. The quantitative estimate of drug-likeness (QED) is 0.390. The lowest BCUT2D eigenvalue weighted by molar-refractivity contribution is -0.136. The summed E-state index contributed by atoms with van der Waals surface area (Å²) < 4.78 is 6.61. The van der Waals surface area contributed by atoms with E-state index in [0.29, 0.717) is 5.92 Å². The van der Waals surface area contributed by atoms with Gasteiger partial charge in [0.15, 0.2) is 0 Å². The molecular weight excluding hydrogens is 474 g/mol. The Bertz CT molecular complexity index is 1150. The summed E-state index contributed by atoms with van der Waals surface area (Å²) in [6.07, 6.45) is 14.7. The largest absolute Gasteiger partial charge is 0.486 e. The first-order chi connectivity index (χ1) is 18.0. The SMILES string of the molecule is CC(C)CCCC1Oc2ccc(cc2)C2=CC(C(C(C)(C)C)C=C2)[C@@H]2CC1=CC=C2C(=O)NCCC(=O)O. The fourth-order valence-corrected chi connectivity index (χ4v) is 6.01. The Morgan fingerprint density at radius 2 is 1.87 bits per heavy atom. The van der Waals surface area contributed by atoms with E-state index in [1.165, 1.54) is 5.57 Å². The van der Waals surface area contributed by atoms with Gasteiger partial charge in [-0.25, -0.2) is 0 Å². The number of ether oxygens (including phenoxy) is 1. The van der Waals surface area contributed by atoms with E-state index in [4.69, 9.17) is 9.84 Å². The molecule has 4 atom stereocenters. The van der Waals surface area contributed by atoms with E-state index in [1.54, 1.807) is 0 Å². The molecule has 4 aliphatic rings. The fraction of sp³-hybridized carbons (Fsp3) is 0.515. The summed E-state index contributed by atoms with van der Waals surface area (Å²) in [7, 11) is 0. The molecular formula is C33H43NO4. The second-order valence-electron chi connectivity index (χ2n) is 12.5. The Balaban J connectivity index is 1.77. The van der Waals surface area contributed by atoms with Crippen molar-refractivity contribution in [3.8, 4) is 5.75 Å². The van der Waals surface area contributed by atoms with Gasteiger partial charge < -0.3 is 15.2 Å². The summed E-state index contributed by atoms with van der Waals surface area (Å²) in [5.41, 5.74) is 4.27. The Kier molecular flexibility index (Phi) is 8.64. The molecule has 0 fully saturated rings. The van der Waals surface area contributed by atoms with E-state index in [9.17, 15) is 9.59 Å². The number of carboxylic acids is 1. The van der Waals surface area contributed by atoms with Crippen LogP contribution in [-0.2, 0) is 9.59 Å². The van der Waals surface area contributed by atoms with Gasteiger partial charge in [-0.15, -0.1) is 0 Å². The molecule has 38 heavy (non-hydrogen) atoms. The average molecular weight is 518 g/mol. The number of aliphatic carboxylic acids is 1. The molecule has 5 heteroatoms. The van der Waals surface area contributed by atoms with E-state index in [0.717, 1.165) is 48.1 Å². The van der Waals surface area contributed by atoms with Crippen LogP contribution in [0, 0.1) is 29.1 Å². The van der Waals surface area contributed by atoms with Gasteiger partial charge in [-0.1, -0.05) is 83.6 Å². The predicted octanol–water partition coefficient (Wildman–Crippen LogP) is 6.97. The number of hydrogen-bond donors (Lipinski definition) is 2. The number of carboxylic acid groups (broad SMARTS) is 1. The lowest BCUT2D eigenvalue weighted by Gasteiger charge is -2.42. The molecule has 2 aliphatic carbocycles. The molecule has 0 aromatic heterocycles. The number of fused-ring (bicyclic) bond motifs is 3. The zero-order valence-electron chi connectivity index (χ0n) is 23.5. The van der Waals surface area contributed by atoms with E-state index in [2.05, 4.69) is 88.5 Å². The van der Waals surface area contributed by atoms with E-state index >= 15 is 0 Å². The van der Waals surface area contributed by atoms with Crippen molar-refractivity contribution in [3.05, 3.63) is 71.4 Å². The minimum atomic E-state index is -0.916. The monoisotopic (exact) mass is 517 g/mol. The third-order valence-corrected chi connectivity index (χ3v) is 8.08. The molecule has 6 bridgehead atoms. The van der Waals surface area contributed by atoms with E-state index in [1.807, 2.05) is 6.08 Å². The first-order valence-electron chi connectivity index (χ1n) is 14.1. The number of rotatable bonds is 8. The molecule has 2 aliphatic heterocycles. The lowest BCUT2D eigenvalue weighted by atomic mass is 9.62. The topological polar surface area (TPSA) is 75.6 Å². The molecule has 3 unspecified atom stereocenters. The van der Waals surface area contributed by atoms with Crippen LogP contribution in [0.1, 0.15) is 72.3 Å². The number of allylic oxidation sites excluding steroid dienone is 6. The van der Waals surface area contributed by atoms with Gasteiger partial charge >= 0.3 is 5.97 Å². The maximum Gasteiger partial charge on any atom is 0.305 e. The minimum absolute atomic E-state index is 0.00348. The van der Waals surface area contributed by atoms with Crippen molar-refractivity contribution in [3.63, 3.8) is 0 Å². The van der Waals surface area contributed by atoms with Gasteiger partial charge in [-0.3, -0.25) is 9.59 Å². The highest BCUT2D eigenvalue weighted by atomic mass is 16.5. The van der Waals surface area contributed by atoms with Crippen molar-refractivity contribution in [1.29, 1.82) is 0 Å². The van der Waals surface area contributed by atoms with Crippen LogP contribution in [0.15, 0.2) is 65.8 Å². The van der Waals surface area contributed by atoms with Crippen molar-refractivity contribution in [2.45, 2.75) is 72.8 Å². The molecule has 1 aromatic rings. The maximum atomic E-state index is 13.4. The molecule has 0 saturated carbocycles. The number of nitrogens with one attached hydrogen (secondary N) is 1. The van der Waals surface area contributed by atoms with Gasteiger partial charge in [-0.2, -0.15) is 0 Å². The van der Waals surface area contributed by atoms with Crippen LogP contribution in [0.25, 0.3) is 5.57 Å². The molecule has 5 rings (SSSR count). The van der Waals surface area contributed by atoms with Gasteiger partial charge in [0.05, 0.1) is 6.42 Å². The number of benzene rings is 1. The number of hydrogen-bond acceptors (Lipinski definition) is 3. The van der Waals surface area contributed by atoms with Crippen molar-refractivity contribution in [2.24, 2.45) is 29.1 Å². The molecule has 0 radical (unpaired) electrons. The summed E-state index contributed by atoms with van der Waals surface area (Å²) in [4.78, 5) is 24.5. The first kappa shape index (κ1) is 27.9. The number of amides is 1. The molecule has 1 aromatic carbocycles. The molecule has 1 amide bonds. The van der Waals surface area contributed by atoms with Gasteiger partial charge in [0, 0.05) is 18.0 Å². The summed E-state index contributed by atoms with van der Waals surface area (Å²) in [6.45, 7) is 11.4. The number of carbonyl (C=O) groups is 2. The summed E-state index contributed by atoms with van der Waals surface area (Å²) in [5, 5.41) is 11.9. The maximum absolute atomic E-state index is 13.4. The van der Waals surface area contributed by atoms with Gasteiger partial charge in [-0.05, 0) is 71.3 Å². The van der Waals surface area contributed by atoms with Crippen LogP contribution in [-0.4, -0.2) is 29.6 Å². The van der Waals surface area contributed by atoms with Gasteiger partial charge in [0.2, 0.25) is 5.91 Å². The highest BCUT2D eigenvalue weighted by Crippen LogP contribution is 2.48. The standard InChI is InChI=1S/C33H43NO4/c1-21(2)7-6-8-30-24-11-15-26(32(37)34-18-17-31(35)36)27(20-24)28-19-23(12-16-29(28)33(3,4)5)22-9-13-25(38-30)14-10-22/h9-16,19,21,27-30H,6-8,17-18,20H2,1-5H3,(H,34,37)(H,35,36)/t27-,28?,29?,30?/m1/s1. The molecule has 0 saturated heterocycles. The zero-order valence-corrected chi connectivity index (χ0v) is 23.5. The molecule has 5 nitrogen and oxygen atoms in total. The minimum Gasteiger partial charge on any atom is -0.486 e. The van der Waals surface area contributed by atoms with Gasteiger partial charge in [0.25, 0.3) is 0 Å². The van der Waals surface area contributed by atoms with Crippen LogP contribution >= 0.6 is 0 Å². The van der Waals surface area contributed by atoms with Crippen LogP contribution in [0.5, 0.6) is 5.75 Å². The highest BCUT2D eigenvalue weighted by Gasteiger charge is 2.41. The Hall–Kier alpha value is -3.08. The van der Waals surface area contributed by atoms with Crippen molar-refractivity contribution >= 4 is 17.4 Å². The predicted molar refractivity (Wildman–Crippen MR) is 153 cm³/mol. The normalized spacial score (nSPS) is 24.4. The lowest BCUT2D eigenvalue weighted by Crippen LogP contribution is -2.39. The summed E-state index contributed by atoms with van der Waals surface area (Å²) in [5.74, 6) is 0.750. The fourth-order valence-electron chi connectivity index (χ4n) is 6.01. The Labute approximate surface area is 227 Å². The van der Waals surface area contributed by atoms with Crippen molar-refractivity contribution < 1.29 is 19.4 Å². The summed E-state index contributed by atoms with van der Waals surface area (Å²) >= 11 is 0. The van der Waals surface area contributed by atoms with Gasteiger partial charge in [0.1, 0.15) is 11.9 Å². The highest BCUT2D eigenvalue weighted by molar-refractivity contribution is 5.95. The average Bonchev–Trinajstić information content (AvgIpc) is 2.86. The van der Waals surface area contributed by atoms with Crippen molar-refractivity contribution in [2.75, 3.05) is 6.54 Å². The molecule has 2 N–H and O–H groups in total. The summed E-state index contributed by atoms with van der Waals surface area (Å²) in [6, 6.07) is 8.41. The third-order valence-electron chi connectivity index (χ3n) is 8.08. The van der Waals surface area contributed by atoms with Crippen LogP contribution in [0.3, 0.4) is 0 Å². The van der Waals surface area contributed by atoms with Crippen LogP contribution in [0.2, 0.25) is 0 Å². The third kappa shape index (κ3) is 6.67. The smallest absolute Gasteiger partial charge is 0.305 e. The van der Waals surface area contributed by atoms with E-state index in [-0.39, 0.29) is 48.1 Å². The van der Waals surface area contributed by atoms with Crippen molar-refractivity contribution in [1.82, 2.24) is 5.32 Å². The number of carbonyl (C=O) groups excluding carboxylic acids is 1. The first-order valence-corrected chi connectivity index (χ1v) is 14.1. The second-order valence-corrected chi connectivity index (χ2v) is 12.5. The van der Waals surface area contributed by atoms with Crippen LogP contribution in [0.4, 0.5) is 0 Å². The van der Waals surface area contributed by atoms with Crippen LogP contribution < -0.4 is 10.1 Å². The molecule has 204 valence electrons. The second kappa shape index (κ2) is 11.8. The van der Waals surface area contributed by atoms with E-state index < -0.39 is 5.97 Å². The Morgan fingerprint density at radius 1 is 1.13 bits per heavy atom. The molecule has 0 spiro atoms. The zero-order chi connectivity index (χ0) is 27.4. The Morgan fingerprint density at radius 3 is 2.53 bits per heavy atom.